The largest absolute Gasteiger partial charge is 0.366 e. The highest BCUT2D eigenvalue weighted by atomic mass is 16.5. The minimum atomic E-state index is -0.365. The molecular weight excluding hydrogens is 316 g/mol. The number of piperidine rings is 1. The molecule has 1 aromatic carbocycles. The number of amides is 2. The van der Waals surface area contributed by atoms with Gasteiger partial charge < -0.3 is 15.0 Å². The molecule has 1 N–H and O–H groups in total. The maximum absolute atomic E-state index is 12.0. The molecule has 25 heavy (non-hydrogen) atoms. The first-order chi connectivity index (χ1) is 12.1. The number of nitrogens with one attached hydrogen (secondary N) is 1. The number of benzene rings is 1. The molecular formula is C20H28N2O3. The van der Waals surface area contributed by atoms with E-state index in [0.717, 1.165) is 32.4 Å². The summed E-state index contributed by atoms with van der Waals surface area (Å²) in [5, 5.41) is 2.87. The smallest absolute Gasteiger partial charge is 0.222 e. The van der Waals surface area contributed by atoms with Crippen LogP contribution in [0, 0.1) is 0 Å². The van der Waals surface area contributed by atoms with Gasteiger partial charge in [-0.15, -0.1) is 0 Å². The number of likely N-dealkylation sites (tertiary alicyclic amines) is 1. The number of carbonyl (C=O) groups excluding carboxylic acids is 2. The molecule has 3 rings (SSSR count). The highest BCUT2D eigenvalue weighted by Crippen LogP contribution is 2.43. The minimum absolute atomic E-state index is 0.0422. The summed E-state index contributed by atoms with van der Waals surface area (Å²) >= 11 is 0. The van der Waals surface area contributed by atoms with Crippen molar-refractivity contribution < 1.29 is 14.3 Å². The van der Waals surface area contributed by atoms with Crippen molar-refractivity contribution in [1.29, 1.82) is 0 Å². The highest BCUT2D eigenvalue weighted by molar-refractivity contribution is 5.76. The Bertz CT molecular complexity index is 636. The second kappa shape index (κ2) is 7.56. The zero-order valence-corrected chi connectivity index (χ0v) is 15.2. The van der Waals surface area contributed by atoms with Crippen molar-refractivity contribution in [1.82, 2.24) is 10.2 Å². The molecule has 1 aromatic rings. The van der Waals surface area contributed by atoms with E-state index in [1.807, 2.05) is 18.7 Å². The van der Waals surface area contributed by atoms with Crippen LogP contribution >= 0.6 is 0 Å². The molecule has 2 aliphatic rings. The average molecular weight is 344 g/mol. The molecule has 0 aromatic heterocycles. The van der Waals surface area contributed by atoms with E-state index in [4.69, 9.17) is 4.74 Å². The van der Waals surface area contributed by atoms with Crippen LogP contribution in [-0.2, 0) is 26.3 Å². The molecule has 2 amide bonds. The third-order valence-electron chi connectivity index (χ3n) is 5.36. The summed E-state index contributed by atoms with van der Waals surface area (Å²) in [6.45, 7) is 5.91. The standard InChI is InChI=1S/C20H28N2O3/c1-3-19(24)22-11-9-20(10-12-22)17-8-6-5-7-15(17)13-16(25-20)14-18(23)21-4-2/h5-8,16H,3-4,9-14H2,1-2H3,(H,21,23). The summed E-state index contributed by atoms with van der Waals surface area (Å²) in [6.07, 6.45) is 3.19. The van der Waals surface area contributed by atoms with Gasteiger partial charge in [-0.05, 0) is 37.3 Å². The van der Waals surface area contributed by atoms with Gasteiger partial charge in [0.15, 0.2) is 0 Å². The van der Waals surface area contributed by atoms with Gasteiger partial charge in [0.1, 0.15) is 0 Å². The first-order valence-electron chi connectivity index (χ1n) is 9.38. The Kier molecular flexibility index (Phi) is 5.42. The average Bonchev–Trinajstić information content (AvgIpc) is 2.62. The highest BCUT2D eigenvalue weighted by Gasteiger charge is 2.44. The second-order valence-corrected chi connectivity index (χ2v) is 6.99. The monoisotopic (exact) mass is 344 g/mol. The van der Waals surface area contributed by atoms with Crippen molar-refractivity contribution >= 4 is 11.8 Å². The lowest BCUT2D eigenvalue weighted by molar-refractivity contribution is -0.156. The molecule has 0 saturated carbocycles. The lowest BCUT2D eigenvalue weighted by Crippen LogP contribution is -2.50. The fraction of sp³-hybridized carbons (Fsp3) is 0.600. The molecule has 1 unspecified atom stereocenters. The Balaban J connectivity index is 1.80. The lowest BCUT2D eigenvalue weighted by atomic mass is 9.78. The van der Waals surface area contributed by atoms with E-state index >= 15 is 0 Å². The van der Waals surface area contributed by atoms with Crippen LogP contribution in [0.3, 0.4) is 0 Å². The SMILES string of the molecule is CCNC(=O)CC1Cc2ccccc2C2(CCN(C(=O)CC)CC2)O1. The van der Waals surface area contributed by atoms with Gasteiger partial charge in [0.05, 0.1) is 18.1 Å². The third kappa shape index (κ3) is 3.71. The number of carbonyl (C=O) groups is 2. The van der Waals surface area contributed by atoms with Gasteiger partial charge in [-0.25, -0.2) is 0 Å². The fourth-order valence-electron chi connectivity index (χ4n) is 4.13. The van der Waals surface area contributed by atoms with Crippen LogP contribution in [0.25, 0.3) is 0 Å². The number of fused-ring (bicyclic) bond motifs is 2. The van der Waals surface area contributed by atoms with E-state index in [2.05, 4.69) is 29.6 Å². The van der Waals surface area contributed by atoms with Gasteiger partial charge in [0.25, 0.3) is 0 Å². The minimum Gasteiger partial charge on any atom is -0.366 e. The fourth-order valence-corrected chi connectivity index (χ4v) is 4.13. The van der Waals surface area contributed by atoms with E-state index in [1.54, 1.807) is 0 Å². The van der Waals surface area contributed by atoms with Crippen LogP contribution in [0.4, 0.5) is 0 Å². The van der Waals surface area contributed by atoms with Gasteiger partial charge in [-0.3, -0.25) is 9.59 Å². The molecule has 0 radical (unpaired) electrons. The van der Waals surface area contributed by atoms with E-state index in [0.29, 0.717) is 19.4 Å². The zero-order valence-electron chi connectivity index (χ0n) is 15.2. The Morgan fingerprint density at radius 3 is 2.64 bits per heavy atom. The van der Waals surface area contributed by atoms with Crippen LogP contribution in [0.2, 0.25) is 0 Å². The van der Waals surface area contributed by atoms with Crippen LogP contribution in [0.15, 0.2) is 24.3 Å². The number of hydrogen-bond donors (Lipinski definition) is 1. The number of nitrogens with zero attached hydrogens (tertiary/aromatic N) is 1. The number of hydrogen-bond acceptors (Lipinski definition) is 3. The summed E-state index contributed by atoms with van der Waals surface area (Å²) in [6, 6.07) is 8.40. The van der Waals surface area contributed by atoms with Gasteiger partial charge in [0, 0.05) is 26.1 Å². The quantitative estimate of drug-likeness (QED) is 0.912. The summed E-state index contributed by atoms with van der Waals surface area (Å²) in [4.78, 5) is 26.0. The summed E-state index contributed by atoms with van der Waals surface area (Å²) in [5.41, 5.74) is 2.15. The molecule has 1 atom stereocenters. The third-order valence-corrected chi connectivity index (χ3v) is 5.36. The van der Waals surface area contributed by atoms with Crippen molar-refractivity contribution in [2.45, 2.75) is 57.7 Å². The summed E-state index contributed by atoms with van der Waals surface area (Å²) in [7, 11) is 0. The molecule has 5 heteroatoms. The molecule has 2 heterocycles. The Morgan fingerprint density at radius 1 is 1.24 bits per heavy atom. The second-order valence-electron chi connectivity index (χ2n) is 6.99. The van der Waals surface area contributed by atoms with Crippen LogP contribution in [0.1, 0.15) is 50.7 Å². The molecule has 1 fully saturated rings. The van der Waals surface area contributed by atoms with Crippen LogP contribution in [-0.4, -0.2) is 42.5 Å². The van der Waals surface area contributed by atoms with Crippen molar-refractivity contribution in [3.8, 4) is 0 Å². The van der Waals surface area contributed by atoms with Crippen molar-refractivity contribution in [2.24, 2.45) is 0 Å². The van der Waals surface area contributed by atoms with Crippen LogP contribution in [0.5, 0.6) is 0 Å². The molecule has 1 spiro atoms. The van der Waals surface area contributed by atoms with Crippen LogP contribution < -0.4 is 5.32 Å². The van der Waals surface area contributed by atoms with Crippen molar-refractivity contribution in [3.63, 3.8) is 0 Å². The Labute approximate surface area is 149 Å². The van der Waals surface area contributed by atoms with E-state index < -0.39 is 0 Å². The lowest BCUT2D eigenvalue weighted by Gasteiger charge is -2.47. The first-order valence-corrected chi connectivity index (χ1v) is 9.38. The molecule has 0 aliphatic carbocycles. The molecule has 5 nitrogen and oxygen atoms in total. The molecule has 1 saturated heterocycles. The van der Waals surface area contributed by atoms with E-state index in [9.17, 15) is 9.59 Å². The normalized spacial score (nSPS) is 21.7. The summed E-state index contributed by atoms with van der Waals surface area (Å²) in [5.74, 6) is 0.249. The summed E-state index contributed by atoms with van der Waals surface area (Å²) < 4.78 is 6.52. The molecule has 0 bridgehead atoms. The van der Waals surface area contributed by atoms with Gasteiger partial charge in [0.2, 0.25) is 11.8 Å². The zero-order chi connectivity index (χ0) is 17.9. The predicted octanol–water partition coefficient (Wildman–Crippen LogP) is 2.38. The predicted molar refractivity (Wildman–Crippen MR) is 96.1 cm³/mol. The molecule has 2 aliphatic heterocycles. The maximum Gasteiger partial charge on any atom is 0.222 e. The van der Waals surface area contributed by atoms with Gasteiger partial charge in [-0.2, -0.15) is 0 Å². The topological polar surface area (TPSA) is 58.6 Å². The molecule has 136 valence electrons. The van der Waals surface area contributed by atoms with Crippen molar-refractivity contribution in [2.75, 3.05) is 19.6 Å². The maximum atomic E-state index is 12.0. The Hall–Kier alpha value is -1.88. The van der Waals surface area contributed by atoms with Gasteiger partial charge >= 0.3 is 0 Å². The van der Waals surface area contributed by atoms with Gasteiger partial charge in [-0.1, -0.05) is 31.2 Å². The van der Waals surface area contributed by atoms with Crippen molar-refractivity contribution in [3.05, 3.63) is 35.4 Å². The van der Waals surface area contributed by atoms with E-state index in [-0.39, 0.29) is 23.5 Å². The van der Waals surface area contributed by atoms with E-state index in [1.165, 1.54) is 11.1 Å². The first kappa shape index (κ1) is 17.9. The Morgan fingerprint density at radius 2 is 1.96 bits per heavy atom. The number of rotatable bonds is 4. The number of ether oxygens (including phenoxy) is 1.